The average molecular weight is 227 g/mol. The third-order valence-corrected chi connectivity index (χ3v) is 3.00. The molecule has 6 heteroatoms. The number of anilines is 1. The van der Waals surface area contributed by atoms with Gasteiger partial charge in [0.1, 0.15) is 0 Å². The van der Waals surface area contributed by atoms with E-state index in [1.165, 1.54) is 23.1 Å². The molecule has 14 heavy (non-hydrogen) atoms. The third kappa shape index (κ3) is 2.21. The summed E-state index contributed by atoms with van der Waals surface area (Å²) < 4.78 is 13.1. The molecular weight excluding hydrogens is 218 g/mol. The van der Waals surface area contributed by atoms with Gasteiger partial charge >= 0.3 is 0 Å². The van der Waals surface area contributed by atoms with Crippen molar-refractivity contribution in [1.82, 2.24) is 8.75 Å². The van der Waals surface area contributed by atoms with Crippen LogP contribution in [-0.4, -0.2) is 15.9 Å². The molecular formula is C8H9N3OS2. The van der Waals surface area contributed by atoms with Crippen molar-refractivity contribution in [2.24, 2.45) is 0 Å². The first kappa shape index (κ1) is 9.42. The molecule has 0 aliphatic heterocycles. The highest BCUT2D eigenvalue weighted by atomic mass is 32.1. The van der Waals surface area contributed by atoms with E-state index in [2.05, 4.69) is 14.1 Å². The van der Waals surface area contributed by atoms with Gasteiger partial charge in [-0.25, -0.2) is 0 Å². The lowest BCUT2D eigenvalue weighted by Crippen LogP contribution is -1.95. The van der Waals surface area contributed by atoms with Crippen LogP contribution in [0, 0.1) is 0 Å². The smallest absolute Gasteiger partial charge is 0.225 e. The Morgan fingerprint density at radius 1 is 1.57 bits per heavy atom. The number of nitrogens with zero attached hydrogens (tertiary/aromatic N) is 2. The predicted molar refractivity (Wildman–Crippen MR) is 58.1 cm³/mol. The zero-order chi connectivity index (χ0) is 9.80. The van der Waals surface area contributed by atoms with E-state index in [1.54, 1.807) is 7.11 Å². The van der Waals surface area contributed by atoms with Gasteiger partial charge in [-0.2, -0.15) is 8.75 Å². The molecule has 0 saturated heterocycles. The molecule has 0 fully saturated rings. The lowest BCUT2D eigenvalue weighted by Gasteiger charge is -1.98. The van der Waals surface area contributed by atoms with Gasteiger partial charge in [0.05, 0.1) is 25.5 Å². The maximum absolute atomic E-state index is 4.99. The second-order valence-corrected chi connectivity index (χ2v) is 4.15. The minimum Gasteiger partial charge on any atom is -0.480 e. The van der Waals surface area contributed by atoms with Crippen molar-refractivity contribution in [3.8, 4) is 5.88 Å². The Bertz CT molecular complexity index is 385. The van der Waals surface area contributed by atoms with Crippen LogP contribution < -0.4 is 10.1 Å². The topological polar surface area (TPSA) is 47.0 Å². The lowest BCUT2D eigenvalue weighted by molar-refractivity contribution is 0.402. The van der Waals surface area contributed by atoms with Crippen LogP contribution in [-0.2, 0) is 6.54 Å². The van der Waals surface area contributed by atoms with Gasteiger partial charge in [0.25, 0.3) is 0 Å². The normalized spacial score (nSPS) is 10.1. The Balaban J connectivity index is 1.92. The van der Waals surface area contributed by atoms with Gasteiger partial charge in [-0.05, 0) is 23.1 Å². The number of hydrogen-bond donors (Lipinski definition) is 1. The van der Waals surface area contributed by atoms with Crippen LogP contribution in [0.4, 0.5) is 5.69 Å². The first-order chi connectivity index (χ1) is 6.88. The van der Waals surface area contributed by atoms with Gasteiger partial charge in [0.2, 0.25) is 5.88 Å². The van der Waals surface area contributed by atoms with Crippen LogP contribution in [0.3, 0.4) is 0 Å². The molecule has 0 unspecified atom stereocenters. The van der Waals surface area contributed by atoms with Crippen molar-refractivity contribution in [3.63, 3.8) is 0 Å². The molecule has 1 N–H and O–H groups in total. The van der Waals surface area contributed by atoms with Crippen LogP contribution in [0.2, 0.25) is 0 Å². The summed E-state index contributed by atoms with van der Waals surface area (Å²) in [4.78, 5) is 1.15. The fourth-order valence-corrected chi connectivity index (χ4v) is 2.07. The highest BCUT2D eigenvalue weighted by molar-refractivity contribution is 7.06. The molecule has 0 aliphatic rings. The van der Waals surface area contributed by atoms with E-state index < -0.39 is 0 Å². The van der Waals surface area contributed by atoms with Crippen molar-refractivity contribution in [3.05, 3.63) is 22.5 Å². The van der Waals surface area contributed by atoms with E-state index in [0.717, 1.165) is 17.1 Å². The maximum Gasteiger partial charge on any atom is 0.225 e. The predicted octanol–water partition coefficient (Wildman–Crippen LogP) is 2.22. The summed E-state index contributed by atoms with van der Waals surface area (Å²) in [6, 6.07) is 1.93. The standard InChI is InChI=1S/C8H9N3OS2/c1-12-8-2-7(14-11-8)4-9-6-3-10-13-5-6/h2-3,5,9H,4H2,1H3. The van der Waals surface area contributed by atoms with Crippen molar-refractivity contribution < 1.29 is 4.74 Å². The number of ether oxygens (including phenoxy) is 1. The highest BCUT2D eigenvalue weighted by Crippen LogP contribution is 2.17. The van der Waals surface area contributed by atoms with Crippen molar-refractivity contribution >= 4 is 28.8 Å². The second-order valence-electron chi connectivity index (χ2n) is 2.60. The minimum atomic E-state index is 0.676. The molecule has 2 heterocycles. The molecule has 0 saturated carbocycles. The Kier molecular flexibility index (Phi) is 2.95. The van der Waals surface area contributed by atoms with Crippen molar-refractivity contribution in [2.75, 3.05) is 12.4 Å². The van der Waals surface area contributed by atoms with E-state index in [4.69, 9.17) is 4.74 Å². The molecule has 0 bridgehead atoms. The maximum atomic E-state index is 4.99. The Morgan fingerprint density at radius 2 is 2.50 bits per heavy atom. The largest absolute Gasteiger partial charge is 0.480 e. The SMILES string of the molecule is COc1cc(CNc2cnsc2)sn1. The molecule has 0 aromatic carbocycles. The van der Waals surface area contributed by atoms with Gasteiger partial charge < -0.3 is 10.1 Å². The summed E-state index contributed by atoms with van der Waals surface area (Å²) in [5, 5.41) is 5.21. The first-order valence-electron chi connectivity index (χ1n) is 4.01. The number of nitrogens with one attached hydrogen (secondary N) is 1. The van der Waals surface area contributed by atoms with Crippen LogP contribution in [0.1, 0.15) is 4.88 Å². The number of rotatable bonds is 4. The summed E-state index contributed by atoms with van der Waals surface area (Å²) in [5.74, 6) is 0.676. The quantitative estimate of drug-likeness (QED) is 0.870. The number of methoxy groups -OCH3 is 1. The Morgan fingerprint density at radius 3 is 3.14 bits per heavy atom. The van der Waals surface area contributed by atoms with Gasteiger partial charge in [0.15, 0.2) is 0 Å². The monoisotopic (exact) mass is 227 g/mol. The average Bonchev–Trinajstić information content (AvgIpc) is 2.86. The summed E-state index contributed by atoms with van der Waals surface area (Å²) in [5.41, 5.74) is 1.04. The van der Waals surface area contributed by atoms with Crippen LogP contribution in [0.15, 0.2) is 17.6 Å². The van der Waals surface area contributed by atoms with Gasteiger partial charge in [-0.1, -0.05) is 0 Å². The lowest BCUT2D eigenvalue weighted by atomic mass is 10.4. The molecule has 0 spiro atoms. The van der Waals surface area contributed by atoms with Gasteiger partial charge in [-0.3, -0.25) is 0 Å². The van der Waals surface area contributed by atoms with Crippen LogP contribution in [0.5, 0.6) is 5.88 Å². The number of aromatic nitrogens is 2. The van der Waals surface area contributed by atoms with Crippen LogP contribution >= 0.6 is 23.1 Å². The molecule has 74 valence electrons. The van der Waals surface area contributed by atoms with E-state index in [1.807, 2.05) is 17.6 Å². The summed E-state index contributed by atoms with van der Waals surface area (Å²) in [7, 11) is 1.62. The molecule has 0 atom stereocenters. The number of hydrogen-bond acceptors (Lipinski definition) is 6. The Hall–Kier alpha value is -1.14. The highest BCUT2D eigenvalue weighted by Gasteiger charge is 2.01. The molecule has 2 aromatic heterocycles. The second kappa shape index (κ2) is 4.39. The fraction of sp³-hybridized carbons (Fsp3) is 0.250. The molecule has 2 rings (SSSR count). The van der Waals surface area contributed by atoms with Gasteiger partial charge in [0, 0.05) is 16.3 Å². The first-order valence-corrected chi connectivity index (χ1v) is 5.62. The summed E-state index contributed by atoms with van der Waals surface area (Å²) in [6.45, 7) is 0.763. The summed E-state index contributed by atoms with van der Waals surface area (Å²) >= 11 is 2.88. The van der Waals surface area contributed by atoms with Crippen molar-refractivity contribution in [2.45, 2.75) is 6.54 Å². The fourth-order valence-electron chi connectivity index (χ4n) is 0.955. The zero-order valence-corrected chi connectivity index (χ0v) is 9.19. The zero-order valence-electron chi connectivity index (χ0n) is 7.56. The molecule has 0 amide bonds. The van der Waals surface area contributed by atoms with E-state index in [0.29, 0.717) is 5.88 Å². The van der Waals surface area contributed by atoms with Gasteiger partial charge in [-0.15, -0.1) is 0 Å². The third-order valence-electron chi connectivity index (χ3n) is 1.65. The van der Waals surface area contributed by atoms with E-state index >= 15 is 0 Å². The van der Waals surface area contributed by atoms with E-state index in [-0.39, 0.29) is 0 Å². The molecule has 0 aliphatic carbocycles. The molecule has 2 aromatic rings. The minimum absolute atomic E-state index is 0.676. The van der Waals surface area contributed by atoms with E-state index in [9.17, 15) is 0 Å². The Labute approximate surface area is 89.9 Å². The van der Waals surface area contributed by atoms with Crippen molar-refractivity contribution in [1.29, 1.82) is 0 Å². The molecule has 0 radical (unpaired) electrons. The van der Waals surface area contributed by atoms with Crippen LogP contribution in [0.25, 0.3) is 0 Å². The summed E-state index contributed by atoms with van der Waals surface area (Å²) in [6.07, 6.45) is 1.81. The molecule has 4 nitrogen and oxygen atoms in total.